The maximum absolute atomic E-state index is 10.5. The third-order valence-electron chi connectivity index (χ3n) is 1.92. The highest BCUT2D eigenvalue weighted by Gasteiger charge is 2.15. The SMILES string of the molecule is C[C@@H](CC(=O)O)Oc1cc([N+](=O)[O-])ccc1Cl. The molecule has 92 valence electrons. The molecule has 0 amide bonds. The quantitative estimate of drug-likeness (QED) is 0.648. The standard InChI is InChI=1S/C10H10ClNO5/c1-6(4-10(13)14)17-9-5-7(12(15)16)2-3-8(9)11/h2-3,5-6H,4H2,1H3,(H,13,14)/t6-/m0/s1. The van der Waals surface area contributed by atoms with Gasteiger partial charge >= 0.3 is 5.97 Å². The second-order valence-electron chi connectivity index (χ2n) is 3.40. The van der Waals surface area contributed by atoms with Crippen LogP contribution in [0, 0.1) is 10.1 Å². The van der Waals surface area contributed by atoms with Crippen LogP contribution in [0.1, 0.15) is 13.3 Å². The molecule has 0 aliphatic rings. The van der Waals surface area contributed by atoms with Crippen molar-refractivity contribution in [1.29, 1.82) is 0 Å². The van der Waals surface area contributed by atoms with Crippen LogP contribution in [0.2, 0.25) is 5.02 Å². The van der Waals surface area contributed by atoms with Gasteiger partial charge in [0.2, 0.25) is 0 Å². The molecule has 0 saturated heterocycles. The zero-order valence-corrected chi connectivity index (χ0v) is 9.68. The number of nitrogens with zero attached hydrogens (tertiary/aromatic N) is 1. The third-order valence-corrected chi connectivity index (χ3v) is 2.23. The highest BCUT2D eigenvalue weighted by Crippen LogP contribution is 2.29. The Morgan fingerprint density at radius 1 is 1.65 bits per heavy atom. The predicted octanol–water partition coefficient (Wildman–Crippen LogP) is 2.49. The van der Waals surface area contributed by atoms with Crippen molar-refractivity contribution in [2.24, 2.45) is 0 Å². The van der Waals surface area contributed by atoms with Gasteiger partial charge in [-0.15, -0.1) is 0 Å². The molecule has 0 saturated carbocycles. The summed E-state index contributed by atoms with van der Waals surface area (Å²) in [5.41, 5.74) is -0.160. The zero-order valence-electron chi connectivity index (χ0n) is 8.92. The van der Waals surface area contributed by atoms with E-state index in [1.54, 1.807) is 6.92 Å². The fraction of sp³-hybridized carbons (Fsp3) is 0.300. The Balaban J connectivity index is 2.86. The smallest absolute Gasteiger partial charge is 0.307 e. The van der Waals surface area contributed by atoms with Gasteiger partial charge in [0.15, 0.2) is 0 Å². The highest BCUT2D eigenvalue weighted by molar-refractivity contribution is 6.32. The van der Waals surface area contributed by atoms with Crippen LogP contribution in [-0.4, -0.2) is 22.1 Å². The van der Waals surface area contributed by atoms with Crippen LogP contribution in [0.4, 0.5) is 5.69 Å². The molecule has 1 aromatic rings. The fourth-order valence-corrected chi connectivity index (χ4v) is 1.36. The van der Waals surface area contributed by atoms with Crippen molar-refractivity contribution >= 4 is 23.3 Å². The van der Waals surface area contributed by atoms with E-state index in [-0.39, 0.29) is 22.9 Å². The second-order valence-corrected chi connectivity index (χ2v) is 3.81. The number of carboxylic acids is 1. The largest absolute Gasteiger partial charge is 0.488 e. The summed E-state index contributed by atoms with van der Waals surface area (Å²) in [6, 6.07) is 3.75. The van der Waals surface area contributed by atoms with Crippen molar-refractivity contribution in [3.8, 4) is 5.75 Å². The molecule has 0 spiro atoms. The Bertz CT molecular complexity index is 448. The van der Waals surface area contributed by atoms with Gasteiger partial charge in [0.05, 0.1) is 22.4 Å². The first kappa shape index (κ1) is 13.2. The van der Waals surface area contributed by atoms with Crippen molar-refractivity contribution in [1.82, 2.24) is 0 Å². The summed E-state index contributed by atoms with van der Waals surface area (Å²) in [7, 11) is 0. The Kier molecular flexibility index (Phi) is 4.28. The summed E-state index contributed by atoms with van der Waals surface area (Å²) >= 11 is 5.79. The third kappa shape index (κ3) is 3.92. The van der Waals surface area contributed by atoms with Gasteiger partial charge in [0.1, 0.15) is 11.9 Å². The summed E-state index contributed by atoms with van der Waals surface area (Å²) in [6.45, 7) is 1.54. The molecular weight excluding hydrogens is 250 g/mol. The lowest BCUT2D eigenvalue weighted by Gasteiger charge is -2.13. The first-order valence-corrected chi connectivity index (χ1v) is 5.10. The van der Waals surface area contributed by atoms with Crippen molar-refractivity contribution in [3.63, 3.8) is 0 Å². The maximum atomic E-state index is 10.5. The molecule has 0 aliphatic heterocycles. The molecule has 1 N–H and O–H groups in total. The minimum atomic E-state index is -1.01. The number of ether oxygens (including phenoxy) is 1. The molecule has 0 radical (unpaired) electrons. The normalized spacial score (nSPS) is 11.9. The van der Waals surface area contributed by atoms with Gasteiger partial charge in [0.25, 0.3) is 5.69 Å². The summed E-state index contributed by atoms with van der Waals surface area (Å²) in [5, 5.41) is 19.3. The van der Waals surface area contributed by atoms with E-state index >= 15 is 0 Å². The summed E-state index contributed by atoms with van der Waals surface area (Å²) in [5.74, 6) is -0.909. The van der Waals surface area contributed by atoms with Crippen molar-refractivity contribution < 1.29 is 19.6 Å². The van der Waals surface area contributed by atoms with E-state index in [1.807, 2.05) is 0 Å². The minimum Gasteiger partial charge on any atom is -0.488 e. The Morgan fingerprint density at radius 2 is 2.29 bits per heavy atom. The van der Waals surface area contributed by atoms with E-state index in [2.05, 4.69) is 0 Å². The molecule has 0 heterocycles. The van der Waals surface area contributed by atoms with E-state index in [1.165, 1.54) is 18.2 Å². The number of hydrogen-bond donors (Lipinski definition) is 1. The highest BCUT2D eigenvalue weighted by atomic mass is 35.5. The number of carboxylic acid groups (broad SMARTS) is 1. The molecule has 0 aromatic heterocycles. The monoisotopic (exact) mass is 259 g/mol. The number of benzene rings is 1. The summed E-state index contributed by atoms with van der Waals surface area (Å²) in [6.07, 6.45) is -0.828. The Labute approximate surface area is 102 Å². The number of carbonyl (C=O) groups is 1. The predicted molar refractivity (Wildman–Crippen MR) is 60.4 cm³/mol. The topological polar surface area (TPSA) is 89.7 Å². The number of hydrogen-bond acceptors (Lipinski definition) is 4. The van der Waals surface area contributed by atoms with Gasteiger partial charge in [-0.3, -0.25) is 14.9 Å². The number of aliphatic carboxylic acids is 1. The fourth-order valence-electron chi connectivity index (χ4n) is 1.20. The number of rotatable bonds is 5. The van der Waals surface area contributed by atoms with E-state index < -0.39 is 17.0 Å². The molecular formula is C10H10ClNO5. The summed E-state index contributed by atoms with van der Waals surface area (Å²) in [4.78, 5) is 20.4. The van der Waals surface area contributed by atoms with E-state index in [0.717, 1.165) is 0 Å². The van der Waals surface area contributed by atoms with Crippen LogP contribution in [0.5, 0.6) is 5.75 Å². The van der Waals surface area contributed by atoms with Gasteiger partial charge in [-0.05, 0) is 13.0 Å². The summed E-state index contributed by atoms with van der Waals surface area (Å²) < 4.78 is 5.23. The minimum absolute atomic E-state index is 0.106. The van der Waals surface area contributed by atoms with Gasteiger partial charge in [0, 0.05) is 6.07 Å². The number of halogens is 1. The number of non-ortho nitro benzene ring substituents is 1. The van der Waals surface area contributed by atoms with Crippen LogP contribution in [0.25, 0.3) is 0 Å². The molecule has 0 fully saturated rings. The van der Waals surface area contributed by atoms with Crippen molar-refractivity contribution in [3.05, 3.63) is 33.3 Å². The molecule has 0 unspecified atom stereocenters. The van der Waals surface area contributed by atoms with Crippen LogP contribution in [0.15, 0.2) is 18.2 Å². The van der Waals surface area contributed by atoms with Gasteiger partial charge in [-0.25, -0.2) is 0 Å². The van der Waals surface area contributed by atoms with Crippen molar-refractivity contribution in [2.75, 3.05) is 0 Å². The molecule has 1 atom stereocenters. The van der Waals surface area contributed by atoms with Gasteiger partial charge in [-0.2, -0.15) is 0 Å². The Hall–Kier alpha value is -1.82. The van der Waals surface area contributed by atoms with Crippen molar-refractivity contribution in [2.45, 2.75) is 19.4 Å². The van der Waals surface area contributed by atoms with E-state index in [4.69, 9.17) is 21.4 Å². The van der Waals surface area contributed by atoms with Gasteiger partial charge in [-0.1, -0.05) is 11.6 Å². The zero-order chi connectivity index (χ0) is 13.0. The second kappa shape index (κ2) is 5.49. The first-order valence-electron chi connectivity index (χ1n) is 4.72. The number of nitro groups is 1. The molecule has 6 nitrogen and oxygen atoms in total. The number of nitro benzene ring substituents is 1. The molecule has 1 rings (SSSR count). The average Bonchev–Trinajstić information content (AvgIpc) is 2.19. The Morgan fingerprint density at radius 3 is 2.82 bits per heavy atom. The first-order chi connectivity index (χ1) is 7.90. The molecule has 0 aliphatic carbocycles. The lowest BCUT2D eigenvalue weighted by atomic mass is 10.2. The van der Waals surface area contributed by atoms with Crippen LogP contribution >= 0.6 is 11.6 Å². The molecule has 17 heavy (non-hydrogen) atoms. The lowest BCUT2D eigenvalue weighted by Crippen LogP contribution is -2.16. The van der Waals surface area contributed by atoms with E-state index in [9.17, 15) is 14.9 Å². The van der Waals surface area contributed by atoms with Crippen LogP contribution < -0.4 is 4.74 Å². The molecule has 1 aromatic carbocycles. The maximum Gasteiger partial charge on any atom is 0.307 e. The van der Waals surface area contributed by atoms with Gasteiger partial charge < -0.3 is 9.84 Å². The molecule has 7 heteroatoms. The lowest BCUT2D eigenvalue weighted by molar-refractivity contribution is -0.384. The molecule has 0 bridgehead atoms. The average molecular weight is 260 g/mol. The van der Waals surface area contributed by atoms with Crippen LogP contribution in [0.3, 0.4) is 0 Å². The van der Waals surface area contributed by atoms with E-state index in [0.29, 0.717) is 0 Å². The van der Waals surface area contributed by atoms with Crippen LogP contribution in [-0.2, 0) is 4.79 Å².